The van der Waals surface area contributed by atoms with Crippen molar-refractivity contribution in [1.29, 1.82) is 0 Å². The quantitative estimate of drug-likeness (QED) is 0.666. The minimum absolute atomic E-state index is 0.0364. The highest BCUT2D eigenvalue weighted by Gasteiger charge is 2.24. The van der Waals surface area contributed by atoms with E-state index in [2.05, 4.69) is 4.98 Å². The maximum atomic E-state index is 12.7. The van der Waals surface area contributed by atoms with Gasteiger partial charge in [0.1, 0.15) is 0 Å². The van der Waals surface area contributed by atoms with Crippen LogP contribution in [0, 0.1) is 0 Å². The molecule has 0 radical (unpaired) electrons. The smallest absolute Gasteiger partial charge is 0.261 e. The van der Waals surface area contributed by atoms with E-state index in [1.54, 1.807) is 0 Å². The first kappa shape index (κ1) is 9.10. The van der Waals surface area contributed by atoms with Crippen LogP contribution in [-0.2, 0) is 12.3 Å². The number of alkyl halides is 2. The molecular weight excluding hydrogens is 160 g/mol. The number of nitrogens with zero attached hydrogens (tertiary/aromatic N) is 1. The molecule has 1 nitrogen and oxygen atoms in total. The van der Waals surface area contributed by atoms with Crippen LogP contribution in [0.5, 0.6) is 0 Å². The van der Waals surface area contributed by atoms with Crippen molar-refractivity contribution in [3.05, 3.63) is 29.6 Å². The van der Waals surface area contributed by atoms with Crippen molar-refractivity contribution in [2.75, 3.05) is 0 Å². The lowest BCUT2D eigenvalue weighted by Gasteiger charge is -2.10. The van der Waals surface area contributed by atoms with Gasteiger partial charge in [-0.15, -0.1) is 0 Å². The van der Waals surface area contributed by atoms with E-state index in [0.717, 1.165) is 6.92 Å². The van der Waals surface area contributed by atoms with Crippen LogP contribution in [0.2, 0.25) is 0 Å². The van der Waals surface area contributed by atoms with Crippen LogP contribution in [-0.4, -0.2) is 4.98 Å². The SMILES string of the molecule is CCc1cc(C(C)(F)F)ccn1. The van der Waals surface area contributed by atoms with Gasteiger partial charge < -0.3 is 0 Å². The van der Waals surface area contributed by atoms with E-state index in [9.17, 15) is 8.78 Å². The van der Waals surface area contributed by atoms with Crippen molar-refractivity contribution in [2.24, 2.45) is 0 Å². The molecule has 0 saturated carbocycles. The number of hydrogen-bond donors (Lipinski definition) is 0. The van der Waals surface area contributed by atoms with Crippen LogP contribution in [0.1, 0.15) is 25.1 Å². The highest BCUT2D eigenvalue weighted by molar-refractivity contribution is 5.20. The molecule has 0 aromatic carbocycles. The van der Waals surface area contributed by atoms with Crippen molar-refractivity contribution in [2.45, 2.75) is 26.2 Å². The fourth-order valence-corrected chi connectivity index (χ4v) is 0.945. The molecule has 0 aliphatic rings. The molecule has 3 heteroatoms. The number of hydrogen-bond acceptors (Lipinski definition) is 1. The Kier molecular flexibility index (Phi) is 2.40. The predicted octanol–water partition coefficient (Wildman–Crippen LogP) is 2.76. The Morgan fingerprint density at radius 3 is 2.67 bits per heavy atom. The maximum absolute atomic E-state index is 12.7. The molecule has 0 unspecified atom stereocenters. The van der Waals surface area contributed by atoms with Crippen molar-refractivity contribution < 1.29 is 8.78 Å². The standard InChI is InChI=1S/C9H11F2N/c1-3-8-6-7(4-5-12-8)9(2,10)11/h4-6H,3H2,1-2H3. The van der Waals surface area contributed by atoms with E-state index < -0.39 is 5.92 Å². The first-order valence-corrected chi connectivity index (χ1v) is 3.87. The normalized spacial score (nSPS) is 11.7. The summed E-state index contributed by atoms with van der Waals surface area (Å²) >= 11 is 0. The zero-order valence-corrected chi connectivity index (χ0v) is 7.14. The van der Waals surface area contributed by atoms with Crippen LogP contribution < -0.4 is 0 Å². The summed E-state index contributed by atoms with van der Waals surface area (Å²) in [5.74, 6) is -2.76. The molecule has 0 amide bonds. The van der Waals surface area contributed by atoms with E-state index in [1.807, 2.05) is 6.92 Å². The molecule has 0 atom stereocenters. The summed E-state index contributed by atoms with van der Waals surface area (Å²) in [6.07, 6.45) is 2.11. The van der Waals surface area contributed by atoms with Gasteiger partial charge in [-0.3, -0.25) is 4.98 Å². The van der Waals surface area contributed by atoms with Gasteiger partial charge in [0, 0.05) is 24.4 Å². The second-order valence-electron chi connectivity index (χ2n) is 2.78. The Morgan fingerprint density at radius 1 is 1.50 bits per heavy atom. The maximum Gasteiger partial charge on any atom is 0.270 e. The lowest BCUT2D eigenvalue weighted by molar-refractivity contribution is 0.0173. The Balaban J connectivity index is 3.02. The number of aryl methyl sites for hydroxylation is 1. The topological polar surface area (TPSA) is 12.9 Å². The van der Waals surface area contributed by atoms with E-state index in [1.165, 1.54) is 18.3 Å². The van der Waals surface area contributed by atoms with Gasteiger partial charge in [-0.25, -0.2) is 8.78 Å². The van der Waals surface area contributed by atoms with Crippen LogP contribution in [0.4, 0.5) is 8.78 Å². The van der Waals surface area contributed by atoms with Crippen LogP contribution in [0.3, 0.4) is 0 Å². The van der Waals surface area contributed by atoms with Gasteiger partial charge in [0.05, 0.1) is 0 Å². The molecule has 1 heterocycles. The molecule has 0 aliphatic carbocycles. The third kappa shape index (κ3) is 2.00. The third-order valence-corrected chi connectivity index (χ3v) is 1.69. The second-order valence-corrected chi connectivity index (χ2v) is 2.78. The number of aromatic nitrogens is 1. The predicted molar refractivity (Wildman–Crippen MR) is 43.2 cm³/mol. The van der Waals surface area contributed by atoms with Gasteiger partial charge >= 0.3 is 0 Å². The highest BCUT2D eigenvalue weighted by atomic mass is 19.3. The Morgan fingerprint density at radius 2 is 2.17 bits per heavy atom. The van der Waals surface area contributed by atoms with Gasteiger partial charge in [0.15, 0.2) is 0 Å². The molecule has 0 aliphatic heterocycles. The fraction of sp³-hybridized carbons (Fsp3) is 0.444. The summed E-state index contributed by atoms with van der Waals surface area (Å²) in [6.45, 7) is 2.78. The van der Waals surface area contributed by atoms with E-state index in [0.29, 0.717) is 12.1 Å². The Labute approximate surface area is 70.4 Å². The van der Waals surface area contributed by atoms with Crippen molar-refractivity contribution >= 4 is 0 Å². The molecule has 0 bridgehead atoms. The molecule has 1 aromatic rings. The van der Waals surface area contributed by atoms with Gasteiger partial charge in [0.25, 0.3) is 5.92 Å². The summed E-state index contributed by atoms with van der Waals surface area (Å²) in [4.78, 5) is 3.94. The van der Waals surface area contributed by atoms with Crippen LogP contribution in [0.15, 0.2) is 18.3 Å². The molecule has 0 N–H and O–H groups in total. The van der Waals surface area contributed by atoms with Crippen molar-refractivity contribution in [1.82, 2.24) is 4.98 Å². The van der Waals surface area contributed by atoms with Crippen molar-refractivity contribution in [3.8, 4) is 0 Å². The molecule has 66 valence electrons. The minimum atomic E-state index is -2.76. The molecule has 12 heavy (non-hydrogen) atoms. The molecular formula is C9H11F2N. The second kappa shape index (κ2) is 3.17. The minimum Gasteiger partial charge on any atom is -0.261 e. The largest absolute Gasteiger partial charge is 0.270 e. The molecule has 1 aromatic heterocycles. The highest BCUT2D eigenvalue weighted by Crippen LogP contribution is 2.26. The average Bonchev–Trinajstić information content (AvgIpc) is 2.03. The Bertz CT molecular complexity index is 265. The zero-order valence-electron chi connectivity index (χ0n) is 7.14. The van der Waals surface area contributed by atoms with Crippen LogP contribution in [0.25, 0.3) is 0 Å². The van der Waals surface area contributed by atoms with Crippen LogP contribution >= 0.6 is 0 Å². The van der Waals surface area contributed by atoms with Gasteiger partial charge in [-0.05, 0) is 18.6 Å². The van der Waals surface area contributed by atoms with Gasteiger partial charge in [-0.2, -0.15) is 0 Å². The van der Waals surface area contributed by atoms with E-state index in [4.69, 9.17) is 0 Å². The van der Waals surface area contributed by atoms with Crippen molar-refractivity contribution in [3.63, 3.8) is 0 Å². The summed E-state index contributed by atoms with van der Waals surface area (Å²) < 4.78 is 25.5. The third-order valence-electron chi connectivity index (χ3n) is 1.69. The number of rotatable bonds is 2. The zero-order chi connectivity index (χ0) is 9.19. The summed E-state index contributed by atoms with van der Waals surface area (Å²) in [6, 6.07) is 2.79. The van der Waals surface area contributed by atoms with Gasteiger partial charge in [0.2, 0.25) is 0 Å². The van der Waals surface area contributed by atoms with E-state index in [-0.39, 0.29) is 5.56 Å². The number of halogens is 2. The monoisotopic (exact) mass is 171 g/mol. The first-order valence-electron chi connectivity index (χ1n) is 3.87. The molecule has 0 saturated heterocycles. The lowest BCUT2D eigenvalue weighted by Crippen LogP contribution is -2.07. The average molecular weight is 171 g/mol. The molecule has 1 rings (SSSR count). The Hall–Kier alpha value is -0.990. The number of pyridine rings is 1. The first-order chi connectivity index (χ1) is 5.54. The summed E-state index contributed by atoms with van der Waals surface area (Å²) in [7, 11) is 0. The van der Waals surface area contributed by atoms with E-state index >= 15 is 0 Å². The fourth-order valence-electron chi connectivity index (χ4n) is 0.945. The molecule has 0 spiro atoms. The summed E-state index contributed by atoms with van der Waals surface area (Å²) in [5.41, 5.74) is 0.739. The lowest BCUT2D eigenvalue weighted by atomic mass is 10.1. The van der Waals surface area contributed by atoms with Gasteiger partial charge in [-0.1, -0.05) is 6.92 Å². The molecule has 0 fully saturated rings. The summed E-state index contributed by atoms with van der Waals surface area (Å²) in [5, 5.41) is 0.